The van der Waals surface area contributed by atoms with Crippen LogP contribution in [-0.4, -0.2) is 62.4 Å². The van der Waals surface area contributed by atoms with Gasteiger partial charge in [0, 0.05) is 5.39 Å². The Bertz CT molecular complexity index is 1210. The van der Waals surface area contributed by atoms with Crippen molar-refractivity contribution in [2.45, 2.75) is 67.4 Å². The van der Waals surface area contributed by atoms with Crippen LogP contribution in [0.2, 0.25) is 0 Å². The maximum absolute atomic E-state index is 10.0. The number of aliphatic hydroxyl groups is 1. The minimum Gasteiger partial charge on any atom is -0.876 e. The number of rotatable bonds is 3. The van der Waals surface area contributed by atoms with Crippen molar-refractivity contribution < 1.29 is 10.2 Å². The first-order valence-electron chi connectivity index (χ1n) is 12.4. The fourth-order valence-corrected chi connectivity index (χ4v) is 5.05. The minimum atomic E-state index is -0.600. The first-order chi connectivity index (χ1) is 16.4. The number of aliphatic hydroxyl groups excluding tert-OH is 1. The smallest absolute Gasteiger partial charge is 0.876 e. The van der Waals surface area contributed by atoms with Crippen molar-refractivity contribution in [1.82, 2.24) is 0 Å². The molecular formula is C30H37N2O2Sr-. The molecule has 2 atom stereocenters. The van der Waals surface area contributed by atoms with Crippen molar-refractivity contribution in [2.75, 3.05) is 5.32 Å². The van der Waals surface area contributed by atoms with Gasteiger partial charge in [0.15, 0.2) is 0 Å². The summed E-state index contributed by atoms with van der Waals surface area (Å²) in [6.45, 7) is 13.7. The molecule has 35 heavy (non-hydrogen) atoms. The maximum atomic E-state index is 10.0. The quantitative estimate of drug-likeness (QED) is 0.167. The Morgan fingerprint density at radius 3 is 2.29 bits per heavy atom. The first kappa shape index (κ1) is 29.7. The predicted octanol–water partition coefficient (Wildman–Crippen LogP) is 6.69. The summed E-state index contributed by atoms with van der Waals surface area (Å²) in [5.74, 6) is 1.72. The fourth-order valence-electron chi connectivity index (χ4n) is 5.05. The van der Waals surface area contributed by atoms with E-state index in [1.165, 1.54) is 63.5 Å². The molecule has 2 aliphatic heterocycles. The largest absolute Gasteiger partial charge is 2.00 e. The average Bonchev–Trinajstić information content (AvgIpc) is 2.95. The zero-order chi connectivity index (χ0) is 25.0. The molecule has 5 heteroatoms. The number of aliphatic imine (C=N–C) groups is 1. The van der Waals surface area contributed by atoms with Gasteiger partial charge in [-0.1, -0.05) is 88.2 Å². The molecule has 2 heterocycles. The van der Waals surface area contributed by atoms with E-state index in [1.807, 2.05) is 13.8 Å². The minimum absolute atomic E-state index is 0. The van der Waals surface area contributed by atoms with Crippen LogP contribution in [0.1, 0.15) is 66.9 Å². The Labute approximate surface area is 247 Å². The molecule has 0 aromatic heterocycles. The van der Waals surface area contributed by atoms with Gasteiger partial charge in [0.05, 0.1) is 11.8 Å². The monoisotopic (exact) mass is 545 g/mol. The van der Waals surface area contributed by atoms with E-state index in [0.29, 0.717) is 5.92 Å². The predicted molar refractivity (Wildman–Crippen MR) is 150 cm³/mol. The van der Waals surface area contributed by atoms with Crippen LogP contribution in [0.4, 0.5) is 11.4 Å². The molecule has 0 amide bonds. The Hall–Kier alpha value is -1.50. The zero-order valence-corrected chi connectivity index (χ0v) is 25.7. The summed E-state index contributed by atoms with van der Waals surface area (Å²) in [4.78, 5) is 5.14. The summed E-state index contributed by atoms with van der Waals surface area (Å²) in [6, 6.07) is 16.8. The van der Waals surface area contributed by atoms with E-state index >= 15 is 0 Å². The summed E-state index contributed by atoms with van der Waals surface area (Å²) < 4.78 is 0. The molecule has 0 aliphatic carbocycles. The van der Waals surface area contributed by atoms with Crippen molar-refractivity contribution in [3.8, 4) is 0 Å². The third kappa shape index (κ3) is 5.91. The van der Waals surface area contributed by atoms with Gasteiger partial charge in [-0.05, 0) is 30.6 Å². The van der Waals surface area contributed by atoms with E-state index in [2.05, 4.69) is 68.6 Å². The van der Waals surface area contributed by atoms with E-state index in [1.54, 1.807) is 6.92 Å². The Kier molecular flexibility index (Phi) is 11.2. The second-order valence-electron chi connectivity index (χ2n) is 8.60. The number of fused-ring (bicyclic) bond motifs is 4. The average molecular weight is 545 g/mol. The molecule has 5 rings (SSSR count). The standard InChI is InChI=1S/C23H22N2.C5H10O2.C2H6.Sr/c1-4-14-13(3)24-22-19-10-7-6-9-16(19)18-12-8-11-17-15(5-2)21(14)25-23(22)20(17)18;1-4(6)3-5(2)7;1-2;/h6-12,14,25H,4-5H2,1-3H3;3-4,6-7H,1-2H3;1-2H3;/q-2;;;+2/p-1/b;5-3-;;. The van der Waals surface area contributed by atoms with E-state index in [-0.39, 0.29) is 51.2 Å². The van der Waals surface area contributed by atoms with Crippen LogP contribution in [0.5, 0.6) is 0 Å². The number of allylic oxidation sites excluding steroid dienone is 1. The normalized spacial score (nSPS) is 17.3. The van der Waals surface area contributed by atoms with Crippen LogP contribution >= 0.6 is 0 Å². The number of nitrogens with zero attached hydrogens (tertiary/aromatic N) is 1. The summed E-state index contributed by atoms with van der Waals surface area (Å²) >= 11 is 0. The van der Waals surface area contributed by atoms with Gasteiger partial charge in [0.2, 0.25) is 0 Å². The topological polar surface area (TPSA) is 67.7 Å². The number of nitrogens with one attached hydrogen (secondary N) is 1. The molecule has 0 fully saturated rings. The van der Waals surface area contributed by atoms with Crippen LogP contribution in [0.3, 0.4) is 0 Å². The van der Waals surface area contributed by atoms with E-state index in [0.717, 1.165) is 18.5 Å². The fraction of sp³-hybridized carbons (Fsp3) is 0.367. The third-order valence-electron chi connectivity index (χ3n) is 6.31. The molecule has 2 N–H and O–H groups in total. The molecule has 4 nitrogen and oxygen atoms in total. The number of anilines is 1. The van der Waals surface area contributed by atoms with Gasteiger partial charge in [-0.15, -0.1) is 24.2 Å². The Balaban J connectivity index is 0.000000377. The van der Waals surface area contributed by atoms with E-state index < -0.39 is 6.10 Å². The first-order valence-corrected chi connectivity index (χ1v) is 12.4. The van der Waals surface area contributed by atoms with Crippen LogP contribution < -0.4 is 10.4 Å². The van der Waals surface area contributed by atoms with Crippen LogP contribution in [0.25, 0.3) is 21.5 Å². The van der Waals surface area contributed by atoms with Gasteiger partial charge in [-0.3, -0.25) is 11.0 Å². The molecule has 0 spiro atoms. The van der Waals surface area contributed by atoms with Gasteiger partial charge in [-0.2, -0.15) is 6.07 Å². The molecule has 0 radical (unpaired) electrons. The second kappa shape index (κ2) is 13.2. The number of benzene rings is 3. The van der Waals surface area contributed by atoms with Crippen LogP contribution in [0, 0.1) is 17.9 Å². The van der Waals surface area contributed by atoms with Gasteiger partial charge in [0.1, 0.15) is 0 Å². The summed E-state index contributed by atoms with van der Waals surface area (Å²) in [5.41, 5.74) is 4.91. The number of hydrogen-bond acceptors (Lipinski definition) is 4. The zero-order valence-electron chi connectivity index (χ0n) is 22.2. The molecule has 0 saturated carbocycles. The summed E-state index contributed by atoms with van der Waals surface area (Å²) in [5, 5.41) is 27.5. The molecule has 0 saturated heterocycles. The summed E-state index contributed by atoms with van der Waals surface area (Å²) in [7, 11) is 0. The van der Waals surface area contributed by atoms with Gasteiger partial charge < -0.3 is 21.4 Å². The third-order valence-corrected chi connectivity index (χ3v) is 6.31. The molecule has 2 unspecified atom stereocenters. The van der Waals surface area contributed by atoms with Gasteiger partial charge in [0.25, 0.3) is 0 Å². The van der Waals surface area contributed by atoms with Crippen molar-refractivity contribution >= 4 is 84.1 Å². The number of hydrogen-bond donors (Lipinski definition) is 2. The van der Waals surface area contributed by atoms with Gasteiger partial charge in [-0.25, -0.2) is 5.56 Å². The second-order valence-corrected chi connectivity index (χ2v) is 8.60. The summed E-state index contributed by atoms with van der Waals surface area (Å²) in [6.07, 6.45) is 2.75. The van der Waals surface area contributed by atoms with Crippen LogP contribution in [0.15, 0.2) is 59.3 Å². The molecule has 2 bridgehead atoms. The Morgan fingerprint density at radius 1 is 1.11 bits per heavy atom. The van der Waals surface area contributed by atoms with E-state index in [9.17, 15) is 5.11 Å². The SMILES string of the molecule is C/C([O-])=C/C(C)O.CC.CC[C-]1c2cccc3c2c2c(c4ccccc43)N=C(C)C(CC)[C-]1N2.[Sr+2]. The van der Waals surface area contributed by atoms with Crippen LogP contribution in [-0.2, 0) is 0 Å². The molecule has 182 valence electrons. The Morgan fingerprint density at radius 2 is 1.74 bits per heavy atom. The van der Waals surface area contributed by atoms with Crippen molar-refractivity contribution in [3.63, 3.8) is 0 Å². The maximum Gasteiger partial charge on any atom is 2.00 e. The molecule has 3 aromatic carbocycles. The molecule has 3 aromatic rings. The molecular weight excluding hydrogens is 508 g/mol. The van der Waals surface area contributed by atoms with Crippen molar-refractivity contribution in [1.29, 1.82) is 0 Å². The van der Waals surface area contributed by atoms with Gasteiger partial charge >= 0.3 is 45.5 Å². The molecule has 2 aliphatic rings. The van der Waals surface area contributed by atoms with Crippen molar-refractivity contribution in [3.05, 3.63) is 71.8 Å². The van der Waals surface area contributed by atoms with Crippen molar-refractivity contribution in [2.24, 2.45) is 10.9 Å². The van der Waals surface area contributed by atoms with E-state index in [4.69, 9.17) is 10.1 Å².